The molecule has 0 unspecified atom stereocenters. The van der Waals surface area contributed by atoms with Gasteiger partial charge in [0.2, 0.25) is 0 Å². The van der Waals surface area contributed by atoms with Gasteiger partial charge < -0.3 is 28.8 Å². The molecule has 0 saturated heterocycles. The molecule has 0 spiro atoms. The summed E-state index contributed by atoms with van der Waals surface area (Å²) in [6.07, 6.45) is 9.49. The van der Waals surface area contributed by atoms with E-state index in [0.29, 0.717) is 0 Å². The lowest BCUT2D eigenvalue weighted by Crippen LogP contribution is -2.42. The van der Waals surface area contributed by atoms with Crippen LogP contribution < -0.4 is 0 Å². The molecule has 0 aromatic heterocycles. The predicted octanol–water partition coefficient (Wildman–Crippen LogP) is 3.91. The Labute approximate surface area is 241 Å². The summed E-state index contributed by atoms with van der Waals surface area (Å²) in [5.74, 6) is 0. The van der Waals surface area contributed by atoms with Crippen LogP contribution in [0, 0.1) is 10.4 Å². The summed E-state index contributed by atoms with van der Waals surface area (Å²) < 4.78 is 5.68. The Morgan fingerprint density at radius 3 is 1.85 bits per heavy atom. The van der Waals surface area contributed by atoms with Crippen molar-refractivity contribution in [1.82, 2.24) is 9.47 Å². The fourth-order valence-corrected chi connectivity index (χ4v) is 5.53. The van der Waals surface area contributed by atoms with Gasteiger partial charge in [0.25, 0.3) is 0 Å². The number of nitrogens with zero attached hydrogens (tertiary/aromatic N) is 6. The Kier molecular flexibility index (Phi) is 10.5. The fourth-order valence-electron chi connectivity index (χ4n) is 5.53. The van der Waals surface area contributed by atoms with E-state index < -0.39 is 0 Å². The highest BCUT2D eigenvalue weighted by atomic mass is 16.5. The van der Waals surface area contributed by atoms with Crippen LogP contribution in [-0.2, 0) is 19.6 Å². The quantitative estimate of drug-likeness (QED) is 0.101. The predicted molar refractivity (Wildman–Crippen MR) is 166 cm³/mol. The van der Waals surface area contributed by atoms with Crippen LogP contribution in [0.4, 0.5) is 0 Å². The van der Waals surface area contributed by atoms with Gasteiger partial charge in [0.1, 0.15) is 27.2 Å². The van der Waals surface area contributed by atoms with E-state index in [2.05, 4.69) is 82.2 Å². The third-order valence-corrected chi connectivity index (χ3v) is 7.45. The number of hydrogen-bond donors (Lipinski definition) is 0. The molecule has 0 bridgehead atoms. The number of quaternary nitrogens is 2. The number of aromatic nitrogens is 1. The molecular weight excluding hydrogens is 500 g/mol. The molecule has 0 saturated carbocycles. The van der Waals surface area contributed by atoms with Crippen molar-refractivity contribution in [3.63, 3.8) is 0 Å². The highest BCUT2D eigenvalue weighted by Gasteiger charge is 2.23. The van der Waals surface area contributed by atoms with Crippen LogP contribution in [0.3, 0.4) is 0 Å². The van der Waals surface area contributed by atoms with Gasteiger partial charge in [-0.25, -0.2) is 9.48 Å². The zero-order valence-electron chi connectivity index (χ0n) is 25.9. The summed E-state index contributed by atoms with van der Waals surface area (Å²) in [5.41, 5.74) is 6.54. The minimum Gasteiger partial charge on any atom is -0.624 e. The summed E-state index contributed by atoms with van der Waals surface area (Å²) in [5, 5.41) is 23.5. The van der Waals surface area contributed by atoms with Crippen LogP contribution in [0.1, 0.15) is 35.1 Å². The number of hydrogen-bond acceptors (Lipinski definition) is 3. The van der Waals surface area contributed by atoms with Gasteiger partial charge in [0, 0.05) is 60.6 Å². The van der Waals surface area contributed by atoms with Gasteiger partial charge in [-0.15, -0.1) is 0 Å². The maximum atomic E-state index is 11.8. The molecule has 0 amide bonds. The van der Waals surface area contributed by atoms with E-state index in [-0.39, 0.29) is 0 Å². The molecule has 0 fully saturated rings. The van der Waals surface area contributed by atoms with Crippen molar-refractivity contribution in [2.24, 2.45) is 0 Å². The van der Waals surface area contributed by atoms with Crippen molar-refractivity contribution in [2.75, 3.05) is 76.0 Å². The first kappa shape index (κ1) is 31.3. The molecule has 8 nitrogen and oxygen atoms in total. The maximum absolute atomic E-state index is 11.8. The van der Waals surface area contributed by atoms with E-state index in [0.717, 1.165) is 86.4 Å². The highest BCUT2D eigenvalue weighted by Crippen LogP contribution is 2.30. The number of aryl methyl sites for hydroxylation is 1. The second-order valence-electron chi connectivity index (χ2n) is 12.8. The molecule has 40 heavy (non-hydrogen) atoms. The smallest absolute Gasteiger partial charge is 0.183 e. The Balaban J connectivity index is 1.70. The van der Waals surface area contributed by atoms with Crippen molar-refractivity contribution < 1.29 is 18.4 Å². The highest BCUT2D eigenvalue weighted by molar-refractivity contribution is 5.96. The normalized spacial score (nSPS) is 13.5. The van der Waals surface area contributed by atoms with Gasteiger partial charge in [0.05, 0.1) is 46.8 Å². The lowest BCUT2D eigenvalue weighted by molar-refractivity contribution is -0.907. The third-order valence-electron chi connectivity index (χ3n) is 7.45. The first-order valence-electron chi connectivity index (χ1n) is 14.2. The molecule has 218 valence electrons. The van der Waals surface area contributed by atoms with E-state index in [9.17, 15) is 10.4 Å². The van der Waals surface area contributed by atoms with Gasteiger partial charge in [-0.3, -0.25) is 0 Å². The minimum atomic E-state index is 0.816. The molecule has 1 aliphatic heterocycles. The first-order valence-corrected chi connectivity index (χ1v) is 14.2. The largest absolute Gasteiger partial charge is 0.624 e. The average Bonchev–Trinajstić information content (AvgIpc) is 3.21. The zero-order chi connectivity index (χ0) is 29.5. The molecule has 0 radical (unpaired) electrons. The minimum absolute atomic E-state index is 0.816. The van der Waals surface area contributed by atoms with Crippen LogP contribution >= 0.6 is 0 Å². The Morgan fingerprint density at radius 2 is 1.30 bits per heavy atom. The van der Waals surface area contributed by atoms with Crippen molar-refractivity contribution >= 4 is 12.4 Å². The lowest BCUT2D eigenvalue weighted by Gasteiger charge is -2.33. The van der Waals surface area contributed by atoms with Gasteiger partial charge in [0.15, 0.2) is 12.4 Å². The van der Waals surface area contributed by atoms with Crippen molar-refractivity contribution in [1.29, 1.82) is 0 Å². The molecule has 2 aliphatic rings. The van der Waals surface area contributed by atoms with Gasteiger partial charge in [-0.1, -0.05) is 30.3 Å². The number of fused-ring (bicyclic) bond motifs is 1. The van der Waals surface area contributed by atoms with Gasteiger partial charge >= 0.3 is 0 Å². The van der Waals surface area contributed by atoms with Gasteiger partial charge in [-0.2, -0.15) is 0 Å². The van der Waals surface area contributed by atoms with E-state index in [1.165, 1.54) is 31.6 Å². The first-order chi connectivity index (χ1) is 18.7. The van der Waals surface area contributed by atoms with Crippen molar-refractivity contribution in [3.8, 4) is 11.1 Å². The molecule has 1 aliphatic carbocycles. The Morgan fingerprint density at radius 1 is 0.750 bits per heavy atom. The summed E-state index contributed by atoms with van der Waals surface area (Å²) in [6, 6.07) is 12.8. The van der Waals surface area contributed by atoms with E-state index in [1.807, 2.05) is 18.3 Å². The Hall–Kier alpha value is -3.20. The molecular formula is C32H50N6O2+2. The number of pyridine rings is 1. The van der Waals surface area contributed by atoms with Gasteiger partial charge in [-0.05, 0) is 25.7 Å². The maximum Gasteiger partial charge on any atom is 0.183 e. The zero-order valence-corrected chi connectivity index (χ0v) is 25.9. The SMILES string of the molecule is CN(C)CCC[N+](C)(C)Cc1ccccc1C[N+](C)(C)CCCn1cc(/C=[N+](/C)[O-])c2ccc(/C=[N+](/C)[O-])c-2c1. The number of hydroxylamine groups is 2. The van der Waals surface area contributed by atoms with Crippen LogP contribution in [0.2, 0.25) is 0 Å². The topological polar surface area (TPSA) is 60.3 Å². The summed E-state index contributed by atoms with van der Waals surface area (Å²) in [6.45, 7) is 6.13. The molecule has 3 rings (SSSR count). The summed E-state index contributed by atoms with van der Waals surface area (Å²) >= 11 is 0. The fraction of sp³-hybridized carbons (Fsp3) is 0.500. The Bertz CT molecular complexity index is 1280. The van der Waals surface area contributed by atoms with Crippen molar-refractivity contribution in [2.45, 2.75) is 32.5 Å². The number of benzene rings is 1. The van der Waals surface area contributed by atoms with E-state index in [4.69, 9.17) is 0 Å². The van der Waals surface area contributed by atoms with Crippen LogP contribution in [0.15, 0.2) is 48.8 Å². The standard InChI is InChI=1S/C32H50N6O2/c1-33(2)17-11-19-37(5,6)25-28-13-9-10-14-29(28)26-38(7,8)20-12-18-36-23-30(22-35(4)40)31-16-15-27(21-34(3)39)32(31)24-36/h9-10,13-16,21-24H,11-12,17-20,25-26H2,1-8H3/q+2/b34-21-,35-22-. The average molecular weight is 551 g/mol. The third kappa shape index (κ3) is 9.47. The second-order valence-corrected chi connectivity index (χ2v) is 12.8. The lowest BCUT2D eigenvalue weighted by atomic mass is 10.0. The monoisotopic (exact) mass is 550 g/mol. The van der Waals surface area contributed by atoms with Crippen LogP contribution in [0.5, 0.6) is 0 Å². The molecule has 1 heterocycles. The molecule has 0 atom stereocenters. The summed E-state index contributed by atoms with van der Waals surface area (Å²) in [4.78, 5) is 2.26. The molecule has 0 N–H and O–H groups in total. The second kappa shape index (κ2) is 13.4. The molecule has 1 aromatic carbocycles. The number of rotatable bonds is 14. The van der Waals surface area contributed by atoms with Crippen LogP contribution in [-0.4, -0.2) is 116 Å². The molecule has 1 aromatic rings. The molecule has 8 heteroatoms. The van der Waals surface area contributed by atoms with Crippen LogP contribution in [0.25, 0.3) is 11.1 Å². The summed E-state index contributed by atoms with van der Waals surface area (Å²) in [7, 11) is 16.5. The van der Waals surface area contributed by atoms with E-state index in [1.54, 1.807) is 12.4 Å². The van der Waals surface area contributed by atoms with E-state index >= 15 is 0 Å². The van der Waals surface area contributed by atoms with Crippen molar-refractivity contribution in [3.05, 3.63) is 81.5 Å².